The first-order chi connectivity index (χ1) is 12.8. The molecule has 1 amide bonds. The predicted molar refractivity (Wildman–Crippen MR) is 109 cm³/mol. The molecule has 0 bridgehead atoms. The Morgan fingerprint density at radius 1 is 1.19 bits per heavy atom. The van der Waals surface area contributed by atoms with E-state index in [1.165, 1.54) is 32.1 Å². The number of aliphatic hydroxyl groups excluding tert-OH is 1. The molecule has 0 spiro atoms. The van der Waals surface area contributed by atoms with Gasteiger partial charge in [-0.15, -0.1) is 0 Å². The molecule has 0 aromatic carbocycles. The minimum atomic E-state index is -0.0827. The van der Waals surface area contributed by atoms with Crippen LogP contribution in [0.1, 0.15) is 79.1 Å². The van der Waals surface area contributed by atoms with Gasteiger partial charge in [0.25, 0.3) is 0 Å². The minimum Gasteiger partial charge on any atom is -0.393 e. The van der Waals surface area contributed by atoms with Gasteiger partial charge in [0.1, 0.15) is 0 Å². The molecule has 2 N–H and O–H groups in total. The number of amides is 1. The third-order valence-electron chi connectivity index (χ3n) is 9.49. The Morgan fingerprint density at radius 3 is 2.63 bits per heavy atom. The van der Waals surface area contributed by atoms with Crippen molar-refractivity contribution in [2.24, 2.45) is 40.4 Å². The van der Waals surface area contributed by atoms with E-state index in [2.05, 4.69) is 32.2 Å². The van der Waals surface area contributed by atoms with Gasteiger partial charge in [0.15, 0.2) is 0 Å². The molecule has 27 heavy (non-hydrogen) atoms. The monoisotopic (exact) mass is 373 g/mol. The molecule has 0 saturated heterocycles. The maximum Gasteiger partial charge on any atom is 0.223 e. The number of carbonyl (C=O) groups is 1. The summed E-state index contributed by atoms with van der Waals surface area (Å²) >= 11 is 0. The molecule has 4 aliphatic carbocycles. The predicted octanol–water partition coefficient (Wildman–Crippen LogP) is 4.70. The van der Waals surface area contributed by atoms with Gasteiger partial charge in [0.05, 0.1) is 6.10 Å². The zero-order valence-electron chi connectivity index (χ0n) is 17.8. The molecule has 0 heterocycles. The number of aliphatic hydroxyl groups is 1. The van der Waals surface area contributed by atoms with Crippen LogP contribution in [0.15, 0.2) is 11.6 Å². The lowest BCUT2D eigenvalue weighted by Gasteiger charge is -2.57. The van der Waals surface area contributed by atoms with E-state index in [0.717, 1.165) is 25.8 Å². The lowest BCUT2D eigenvalue weighted by molar-refractivity contribution is -0.128. The smallest absolute Gasteiger partial charge is 0.223 e. The molecule has 0 radical (unpaired) electrons. The summed E-state index contributed by atoms with van der Waals surface area (Å²) in [7, 11) is 0. The molecule has 152 valence electrons. The van der Waals surface area contributed by atoms with Crippen molar-refractivity contribution in [3.05, 3.63) is 11.6 Å². The van der Waals surface area contributed by atoms with Gasteiger partial charge in [-0.2, -0.15) is 0 Å². The quantitative estimate of drug-likeness (QED) is 0.705. The second-order valence-corrected chi connectivity index (χ2v) is 10.6. The average Bonchev–Trinajstić information content (AvgIpc) is 2.99. The molecule has 0 aromatic heterocycles. The number of allylic oxidation sites excluding steroid dienone is 2. The first-order valence-electron chi connectivity index (χ1n) is 11.5. The Labute approximate surface area is 165 Å². The van der Waals surface area contributed by atoms with Crippen LogP contribution < -0.4 is 5.32 Å². The molecular formula is C24H39NO2. The van der Waals surface area contributed by atoms with Crippen LogP contribution in [-0.2, 0) is 4.79 Å². The maximum atomic E-state index is 12.5. The Balaban J connectivity index is 1.59. The number of fused-ring (bicyclic) bond motifs is 5. The first kappa shape index (κ1) is 19.5. The van der Waals surface area contributed by atoms with Crippen molar-refractivity contribution in [1.82, 2.24) is 5.32 Å². The summed E-state index contributed by atoms with van der Waals surface area (Å²) in [6, 6.07) is 0. The van der Waals surface area contributed by atoms with Crippen LogP contribution in [0.25, 0.3) is 0 Å². The fourth-order valence-electron chi connectivity index (χ4n) is 7.87. The average molecular weight is 374 g/mol. The lowest BCUT2D eigenvalue weighted by Crippen LogP contribution is -2.50. The van der Waals surface area contributed by atoms with Crippen LogP contribution in [0.3, 0.4) is 0 Å². The Hall–Kier alpha value is -0.830. The summed E-state index contributed by atoms with van der Waals surface area (Å²) < 4.78 is 0. The van der Waals surface area contributed by atoms with E-state index in [1.807, 2.05) is 6.92 Å². The zero-order valence-corrected chi connectivity index (χ0v) is 17.8. The SMILES string of the molecule is CCNC(=O)[C@@H](C)[C@H]1CC[C@H]2C3=CCC4C[C@@H](O)CC[C@]4(C)[C@H]3CC[C@]12C. The molecule has 3 heteroatoms. The van der Waals surface area contributed by atoms with Gasteiger partial charge in [0.2, 0.25) is 5.91 Å². The van der Waals surface area contributed by atoms with Crippen molar-refractivity contribution in [2.45, 2.75) is 85.2 Å². The molecule has 8 atom stereocenters. The zero-order chi connectivity index (χ0) is 19.4. The van der Waals surface area contributed by atoms with Crippen LogP contribution in [0, 0.1) is 40.4 Å². The van der Waals surface area contributed by atoms with Crippen molar-refractivity contribution < 1.29 is 9.90 Å². The highest BCUT2D eigenvalue weighted by molar-refractivity contribution is 5.78. The van der Waals surface area contributed by atoms with Gasteiger partial charge in [0, 0.05) is 12.5 Å². The second-order valence-electron chi connectivity index (χ2n) is 10.6. The van der Waals surface area contributed by atoms with E-state index in [1.54, 1.807) is 5.57 Å². The molecule has 3 nitrogen and oxygen atoms in total. The molecule has 3 fully saturated rings. The van der Waals surface area contributed by atoms with Crippen molar-refractivity contribution in [3.8, 4) is 0 Å². The third-order valence-corrected chi connectivity index (χ3v) is 9.49. The molecule has 0 aliphatic heterocycles. The maximum absolute atomic E-state index is 12.5. The number of hydrogen-bond acceptors (Lipinski definition) is 2. The van der Waals surface area contributed by atoms with E-state index in [9.17, 15) is 9.90 Å². The fourth-order valence-corrected chi connectivity index (χ4v) is 7.87. The minimum absolute atomic E-state index is 0.0827. The molecular weight excluding hydrogens is 334 g/mol. The Kier molecular flexibility index (Phi) is 4.98. The fraction of sp³-hybridized carbons (Fsp3) is 0.875. The standard InChI is InChI=1S/C24H39NO2/c1-5-25-22(27)15(2)19-8-9-20-18-7-6-16-14-17(26)10-12-23(16,3)21(18)11-13-24(19,20)4/h7,15-17,19-21,26H,5-6,8-14H2,1-4H3,(H,25,27)/t15-,16?,17-,19+,20-,21-,23-,24+/m0/s1. The van der Waals surface area contributed by atoms with Gasteiger partial charge in [-0.3, -0.25) is 4.79 Å². The van der Waals surface area contributed by atoms with Gasteiger partial charge in [-0.1, -0.05) is 32.4 Å². The van der Waals surface area contributed by atoms with Crippen LogP contribution in [-0.4, -0.2) is 23.7 Å². The summed E-state index contributed by atoms with van der Waals surface area (Å²) in [5.74, 6) is 2.91. The highest BCUT2D eigenvalue weighted by atomic mass is 16.3. The summed E-state index contributed by atoms with van der Waals surface area (Å²) in [6.45, 7) is 9.91. The normalized spacial score (nSPS) is 47.3. The molecule has 4 rings (SSSR count). The van der Waals surface area contributed by atoms with Gasteiger partial charge in [-0.05, 0) is 92.8 Å². The van der Waals surface area contributed by atoms with E-state index >= 15 is 0 Å². The summed E-state index contributed by atoms with van der Waals surface area (Å²) in [4.78, 5) is 12.5. The third kappa shape index (κ3) is 2.91. The van der Waals surface area contributed by atoms with E-state index in [-0.39, 0.29) is 23.3 Å². The number of carbonyl (C=O) groups excluding carboxylic acids is 1. The van der Waals surface area contributed by atoms with E-state index in [0.29, 0.717) is 29.1 Å². The van der Waals surface area contributed by atoms with Gasteiger partial charge in [-0.25, -0.2) is 0 Å². The number of nitrogens with one attached hydrogen (secondary N) is 1. The lowest BCUT2D eigenvalue weighted by atomic mass is 9.47. The number of rotatable bonds is 3. The van der Waals surface area contributed by atoms with Gasteiger partial charge >= 0.3 is 0 Å². The summed E-state index contributed by atoms with van der Waals surface area (Å²) in [5, 5.41) is 13.2. The van der Waals surface area contributed by atoms with E-state index < -0.39 is 0 Å². The van der Waals surface area contributed by atoms with Crippen molar-refractivity contribution in [1.29, 1.82) is 0 Å². The van der Waals surface area contributed by atoms with E-state index in [4.69, 9.17) is 0 Å². The van der Waals surface area contributed by atoms with Crippen molar-refractivity contribution in [2.75, 3.05) is 6.54 Å². The first-order valence-corrected chi connectivity index (χ1v) is 11.5. The van der Waals surface area contributed by atoms with Crippen molar-refractivity contribution in [3.63, 3.8) is 0 Å². The highest BCUT2D eigenvalue weighted by Gasteiger charge is 2.58. The van der Waals surface area contributed by atoms with Crippen LogP contribution in [0.4, 0.5) is 0 Å². The second kappa shape index (κ2) is 6.90. The topological polar surface area (TPSA) is 49.3 Å². The molecule has 3 saturated carbocycles. The molecule has 1 unspecified atom stereocenters. The van der Waals surface area contributed by atoms with Crippen LogP contribution in [0.2, 0.25) is 0 Å². The largest absolute Gasteiger partial charge is 0.393 e. The molecule has 0 aromatic rings. The summed E-state index contributed by atoms with van der Waals surface area (Å²) in [5.41, 5.74) is 2.41. The Morgan fingerprint density at radius 2 is 1.89 bits per heavy atom. The summed E-state index contributed by atoms with van der Waals surface area (Å²) in [6.07, 6.45) is 11.8. The van der Waals surface area contributed by atoms with Gasteiger partial charge < -0.3 is 10.4 Å². The van der Waals surface area contributed by atoms with Crippen LogP contribution in [0.5, 0.6) is 0 Å². The number of hydrogen-bond donors (Lipinski definition) is 2. The Bertz CT molecular complexity index is 628. The molecule has 4 aliphatic rings. The van der Waals surface area contributed by atoms with Crippen molar-refractivity contribution >= 4 is 5.91 Å². The highest BCUT2D eigenvalue weighted by Crippen LogP contribution is 2.66. The van der Waals surface area contributed by atoms with Crippen LogP contribution >= 0.6 is 0 Å².